The lowest BCUT2D eigenvalue weighted by atomic mass is 10.0. The summed E-state index contributed by atoms with van der Waals surface area (Å²) in [6.45, 7) is 4.14. The van der Waals surface area contributed by atoms with Crippen molar-refractivity contribution in [2.24, 2.45) is 5.73 Å². The number of aldehydes is 1. The lowest BCUT2D eigenvalue weighted by Gasteiger charge is -2.19. The van der Waals surface area contributed by atoms with E-state index in [-0.39, 0.29) is 23.6 Å². The minimum atomic E-state index is -0.104. The van der Waals surface area contributed by atoms with E-state index in [2.05, 4.69) is 21.0 Å². The van der Waals surface area contributed by atoms with Crippen molar-refractivity contribution in [3.05, 3.63) is 123 Å². The minimum absolute atomic E-state index is 0.0831. The Hall–Kier alpha value is -5.15. The molecule has 0 radical (unpaired) electrons. The number of para-hydroxylation sites is 1. The number of benzene rings is 3. The molecule has 9 nitrogen and oxygen atoms in total. The van der Waals surface area contributed by atoms with E-state index in [4.69, 9.17) is 11.1 Å². The van der Waals surface area contributed by atoms with Crippen LogP contribution in [-0.4, -0.2) is 33.6 Å². The Bertz CT molecular complexity index is 1780. The summed E-state index contributed by atoms with van der Waals surface area (Å²) in [5.74, 6) is 0.488. The Morgan fingerprint density at radius 2 is 1.70 bits per heavy atom. The van der Waals surface area contributed by atoms with Crippen molar-refractivity contribution in [2.75, 3.05) is 18.1 Å². The Labute approximate surface area is 232 Å². The summed E-state index contributed by atoms with van der Waals surface area (Å²) in [6.07, 6.45) is 2.06. The Balaban J connectivity index is 0.00000181. The summed E-state index contributed by atoms with van der Waals surface area (Å²) in [4.78, 5) is 33.6. The zero-order valence-electron chi connectivity index (χ0n) is 22.6. The number of aromatic nitrogens is 3. The number of hydrogen-bond donors (Lipinski definition) is 4. The number of carbonyl (C=O) groups is 1. The first-order valence-corrected chi connectivity index (χ1v) is 12.7. The first-order valence-electron chi connectivity index (χ1n) is 12.7. The summed E-state index contributed by atoms with van der Waals surface area (Å²) >= 11 is 0. The molecule has 0 atom stereocenters. The van der Waals surface area contributed by atoms with Crippen LogP contribution in [0.3, 0.4) is 0 Å². The number of aryl methyl sites for hydroxylation is 2. The first kappa shape index (κ1) is 27.9. The van der Waals surface area contributed by atoms with Crippen molar-refractivity contribution >= 4 is 34.4 Å². The maximum atomic E-state index is 13.8. The molecule has 0 saturated carbocycles. The van der Waals surface area contributed by atoms with Crippen LogP contribution >= 0.6 is 0 Å². The third-order valence-corrected chi connectivity index (χ3v) is 6.56. The van der Waals surface area contributed by atoms with Gasteiger partial charge in [0.05, 0.1) is 28.9 Å². The van der Waals surface area contributed by atoms with Crippen LogP contribution in [0.1, 0.15) is 38.3 Å². The van der Waals surface area contributed by atoms with E-state index in [1.807, 2.05) is 62.4 Å². The highest BCUT2D eigenvalue weighted by Crippen LogP contribution is 2.25. The molecule has 0 bridgehead atoms. The number of anilines is 2. The minimum Gasteiger partial charge on any atom is -0.383 e. The normalized spacial score (nSPS) is 10.5. The van der Waals surface area contributed by atoms with Gasteiger partial charge in [-0.3, -0.25) is 19.6 Å². The lowest BCUT2D eigenvalue weighted by Crippen LogP contribution is -2.25. The molecule has 0 saturated heterocycles. The van der Waals surface area contributed by atoms with Gasteiger partial charge in [-0.1, -0.05) is 54.6 Å². The van der Waals surface area contributed by atoms with E-state index in [0.29, 0.717) is 27.9 Å². The third kappa shape index (κ3) is 5.36. The highest BCUT2D eigenvalue weighted by molar-refractivity contribution is 6.16. The molecule has 0 spiro atoms. The van der Waals surface area contributed by atoms with E-state index < -0.39 is 0 Å². The quantitative estimate of drug-likeness (QED) is 0.179. The average Bonchev–Trinajstić information content (AvgIpc) is 2.97. The molecule has 0 unspecified atom stereocenters. The van der Waals surface area contributed by atoms with E-state index in [1.165, 1.54) is 13.4 Å². The number of rotatable bonds is 7. The summed E-state index contributed by atoms with van der Waals surface area (Å²) in [6, 6.07) is 22.3. The van der Waals surface area contributed by atoms with E-state index in [1.54, 1.807) is 28.8 Å². The van der Waals surface area contributed by atoms with Gasteiger partial charge in [-0.25, -0.2) is 9.97 Å². The summed E-state index contributed by atoms with van der Waals surface area (Å²) in [5, 5.41) is 13.6. The lowest BCUT2D eigenvalue weighted by molar-refractivity contribution is 0.112. The number of nitrogens with one attached hydrogen (secondary N) is 2. The first-order chi connectivity index (χ1) is 19.4. The molecule has 202 valence electrons. The highest BCUT2D eigenvalue weighted by atomic mass is 16.1. The molecular weight excluding hydrogens is 502 g/mol. The molecule has 3 aromatic carbocycles. The summed E-state index contributed by atoms with van der Waals surface area (Å²) < 4.78 is 1.72. The number of fused-ring (bicyclic) bond motifs is 1. The Kier molecular flexibility index (Phi) is 8.46. The van der Waals surface area contributed by atoms with E-state index in [0.717, 1.165) is 34.2 Å². The molecule has 9 heteroatoms. The van der Waals surface area contributed by atoms with Crippen LogP contribution < -0.4 is 22.3 Å². The summed E-state index contributed by atoms with van der Waals surface area (Å²) in [7, 11) is 1.50. The van der Waals surface area contributed by atoms with Gasteiger partial charge < -0.3 is 16.8 Å². The van der Waals surface area contributed by atoms with Gasteiger partial charge in [0.1, 0.15) is 24.2 Å². The molecule has 40 heavy (non-hydrogen) atoms. The van der Waals surface area contributed by atoms with Crippen molar-refractivity contribution in [2.45, 2.75) is 20.4 Å². The molecule has 2 heterocycles. The van der Waals surface area contributed by atoms with Crippen LogP contribution in [0.5, 0.6) is 0 Å². The van der Waals surface area contributed by atoms with Gasteiger partial charge in [-0.05, 0) is 55.6 Å². The smallest absolute Gasteiger partial charge is 0.263 e. The van der Waals surface area contributed by atoms with Crippen LogP contribution in [0, 0.1) is 19.3 Å². The zero-order chi connectivity index (χ0) is 28.8. The maximum Gasteiger partial charge on any atom is 0.263 e. The molecule has 0 aliphatic carbocycles. The fourth-order valence-electron chi connectivity index (χ4n) is 4.66. The van der Waals surface area contributed by atoms with Gasteiger partial charge in [0.15, 0.2) is 0 Å². The largest absolute Gasteiger partial charge is 0.383 e. The molecule has 0 amide bonds. The van der Waals surface area contributed by atoms with E-state index >= 15 is 0 Å². The molecule has 6 N–H and O–H groups in total. The third-order valence-electron chi connectivity index (χ3n) is 6.56. The number of nitrogens with two attached hydrogens (primary N) is 2. The number of carbonyl (C=O) groups excluding carboxylic acids is 1. The molecule has 0 aliphatic heterocycles. The number of hydrogen-bond acceptors (Lipinski definition) is 8. The fourth-order valence-corrected chi connectivity index (χ4v) is 4.66. The average molecular weight is 534 g/mol. The van der Waals surface area contributed by atoms with Crippen LogP contribution in [-0.2, 0) is 6.54 Å². The van der Waals surface area contributed by atoms with Crippen LogP contribution in [0.15, 0.2) is 83.9 Å². The van der Waals surface area contributed by atoms with Crippen LogP contribution in [0.4, 0.5) is 11.6 Å². The molecule has 5 rings (SSSR count). The number of nitrogens with zero attached hydrogens (tertiary/aromatic N) is 3. The fraction of sp³-hybridized carbons (Fsp3) is 0.129. The summed E-state index contributed by atoms with van der Waals surface area (Å²) in [5.41, 5.74) is 15.3. The van der Waals surface area contributed by atoms with Gasteiger partial charge in [-0.2, -0.15) is 0 Å². The predicted molar refractivity (Wildman–Crippen MR) is 161 cm³/mol. The van der Waals surface area contributed by atoms with Crippen molar-refractivity contribution in [3.63, 3.8) is 0 Å². The van der Waals surface area contributed by atoms with Gasteiger partial charge in [0.25, 0.3) is 5.56 Å². The molecule has 0 fully saturated rings. The monoisotopic (exact) mass is 533 g/mol. The standard InChI is InChI=1S/C30H26N6O2.CH5N/c1-18-7-3-4-12-24(18)36-23(14-21-10-5-8-19(2)25(21)30(36)38)15-33-29-26(28(32)34-17-35-29)27(31)22-11-6-9-20(13-22)16-37;1-2/h3-14,16-17,31H,15H2,1-2H3,(H3,32,33,34,35);2H2,1H3. The Morgan fingerprint density at radius 1 is 0.975 bits per heavy atom. The van der Waals surface area contributed by atoms with Gasteiger partial charge in [0, 0.05) is 16.8 Å². The van der Waals surface area contributed by atoms with Crippen molar-refractivity contribution in [1.29, 1.82) is 5.41 Å². The topological polar surface area (TPSA) is 153 Å². The second-order valence-electron chi connectivity index (χ2n) is 9.06. The van der Waals surface area contributed by atoms with Gasteiger partial charge in [-0.15, -0.1) is 0 Å². The maximum absolute atomic E-state index is 13.8. The number of nitrogen functional groups attached to an aromatic ring is 1. The molecule has 2 aromatic heterocycles. The second kappa shape index (κ2) is 12.1. The van der Waals surface area contributed by atoms with Gasteiger partial charge >= 0.3 is 0 Å². The zero-order valence-corrected chi connectivity index (χ0v) is 22.6. The van der Waals surface area contributed by atoms with Crippen molar-refractivity contribution < 1.29 is 4.79 Å². The Morgan fingerprint density at radius 3 is 2.45 bits per heavy atom. The SMILES string of the molecule is CN.Cc1ccccc1-n1c(CNc2ncnc(N)c2C(=N)c2cccc(C=O)c2)cc2cccc(C)c2c1=O. The number of pyridine rings is 1. The van der Waals surface area contributed by atoms with Crippen molar-refractivity contribution in [1.82, 2.24) is 14.5 Å². The predicted octanol–water partition coefficient (Wildman–Crippen LogP) is 4.40. The van der Waals surface area contributed by atoms with Gasteiger partial charge in [0.2, 0.25) is 0 Å². The molecule has 5 aromatic rings. The van der Waals surface area contributed by atoms with Crippen molar-refractivity contribution in [3.8, 4) is 5.69 Å². The van der Waals surface area contributed by atoms with E-state index in [9.17, 15) is 9.59 Å². The highest BCUT2D eigenvalue weighted by Gasteiger charge is 2.19. The molecule has 0 aliphatic rings. The second-order valence-corrected chi connectivity index (χ2v) is 9.06. The van der Waals surface area contributed by atoms with Crippen LogP contribution in [0.2, 0.25) is 0 Å². The molecular formula is C31H31N7O2. The van der Waals surface area contributed by atoms with Crippen LogP contribution in [0.25, 0.3) is 16.5 Å².